The normalized spacial score (nSPS) is 14.4. The van der Waals surface area contributed by atoms with Crippen LogP contribution < -0.4 is 16.0 Å². The van der Waals surface area contributed by atoms with Crippen molar-refractivity contribution in [2.24, 2.45) is 10.9 Å². The third kappa shape index (κ3) is 6.85. The highest BCUT2D eigenvalue weighted by atomic mass is 127. The molecule has 1 aliphatic rings. The number of anilines is 1. The maximum absolute atomic E-state index is 12.3. The number of halogens is 1. The molecule has 152 valence electrons. The van der Waals surface area contributed by atoms with Gasteiger partial charge in [-0.05, 0) is 49.6 Å². The summed E-state index contributed by atoms with van der Waals surface area (Å²) in [6.07, 6.45) is 5.98. The number of hydrogen-bond donors (Lipinski definition) is 3. The van der Waals surface area contributed by atoms with E-state index in [1.54, 1.807) is 6.26 Å². The van der Waals surface area contributed by atoms with E-state index in [4.69, 9.17) is 4.42 Å². The first-order valence-electron chi connectivity index (χ1n) is 9.69. The minimum atomic E-state index is 0. The Labute approximate surface area is 183 Å². The van der Waals surface area contributed by atoms with Crippen molar-refractivity contribution in [2.45, 2.75) is 45.7 Å². The molecule has 0 aliphatic heterocycles. The fraction of sp³-hybridized carbons (Fsp3) is 0.429. The number of aliphatic imine (C=N–C) groups is 1. The fourth-order valence-electron chi connectivity index (χ4n) is 3.28. The van der Waals surface area contributed by atoms with Crippen LogP contribution in [0.4, 0.5) is 5.69 Å². The Bertz CT molecular complexity index is 756. The number of rotatable bonds is 7. The van der Waals surface area contributed by atoms with Crippen molar-refractivity contribution in [3.8, 4) is 0 Å². The molecule has 1 fully saturated rings. The average molecular weight is 496 g/mol. The third-order valence-electron chi connectivity index (χ3n) is 4.69. The smallest absolute Gasteiger partial charge is 0.227 e. The third-order valence-corrected chi connectivity index (χ3v) is 4.69. The van der Waals surface area contributed by atoms with Gasteiger partial charge in [0.2, 0.25) is 5.91 Å². The maximum Gasteiger partial charge on any atom is 0.227 e. The lowest BCUT2D eigenvalue weighted by atomic mass is 10.1. The van der Waals surface area contributed by atoms with Gasteiger partial charge < -0.3 is 20.4 Å². The largest absolute Gasteiger partial charge is 0.467 e. The summed E-state index contributed by atoms with van der Waals surface area (Å²) >= 11 is 0. The number of carbonyl (C=O) groups is 1. The van der Waals surface area contributed by atoms with Crippen LogP contribution in [0.1, 0.15) is 43.9 Å². The van der Waals surface area contributed by atoms with Gasteiger partial charge in [0.1, 0.15) is 5.76 Å². The molecule has 7 heteroatoms. The van der Waals surface area contributed by atoms with Gasteiger partial charge in [-0.25, -0.2) is 4.99 Å². The second-order valence-electron chi connectivity index (χ2n) is 6.80. The molecule has 0 bridgehead atoms. The van der Waals surface area contributed by atoms with Crippen LogP contribution in [0, 0.1) is 5.92 Å². The van der Waals surface area contributed by atoms with Gasteiger partial charge in [0.25, 0.3) is 0 Å². The number of nitrogens with zero attached hydrogens (tertiary/aromatic N) is 1. The molecule has 0 unspecified atom stereocenters. The zero-order valence-corrected chi connectivity index (χ0v) is 18.6. The van der Waals surface area contributed by atoms with Crippen LogP contribution in [0.15, 0.2) is 52.1 Å². The Hall–Kier alpha value is -2.03. The molecular formula is C21H29IN4O2. The predicted molar refractivity (Wildman–Crippen MR) is 123 cm³/mol. The molecule has 1 aromatic heterocycles. The second-order valence-corrected chi connectivity index (χ2v) is 6.80. The van der Waals surface area contributed by atoms with Crippen LogP contribution in [0.25, 0.3) is 0 Å². The molecule has 0 spiro atoms. The molecular weight excluding hydrogens is 467 g/mol. The summed E-state index contributed by atoms with van der Waals surface area (Å²) in [5.74, 6) is 1.89. The first-order valence-corrected chi connectivity index (χ1v) is 9.69. The van der Waals surface area contributed by atoms with Gasteiger partial charge in [-0.3, -0.25) is 4.79 Å². The number of furan rings is 1. The lowest BCUT2D eigenvalue weighted by Crippen LogP contribution is -2.36. The molecule has 1 aliphatic carbocycles. The van der Waals surface area contributed by atoms with Crippen molar-refractivity contribution in [3.05, 3.63) is 54.0 Å². The summed E-state index contributed by atoms with van der Waals surface area (Å²) < 4.78 is 5.33. The van der Waals surface area contributed by atoms with Gasteiger partial charge in [0.05, 0.1) is 19.4 Å². The summed E-state index contributed by atoms with van der Waals surface area (Å²) in [5.41, 5.74) is 1.89. The quantitative estimate of drug-likeness (QED) is 0.304. The number of carbonyl (C=O) groups excluding carboxylic acids is 1. The van der Waals surface area contributed by atoms with Gasteiger partial charge in [-0.15, -0.1) is 24.0 Å². The Morgan fingerprint density at radius 3 is 2.71 bits per heavy atom. The van der Waals surface area contributed by atoms with E-state index in [2.05, 4.69) is 20.9 Å². The summed E-state index contributed by atoms with van der Waals surface area (Å²) in [6.45, 7) is 3.92. The minimum absolute atomic E-state index is 0. The van der Waals surface area contributed by atoms with Crippen LogP contribution in [0.3, 0.4) is 0 Å². The van der Waals surface area contributed by atoms with Crippen molar-refractivity contribution in [1.29, 1.82) is 0 Å². The van der Waals surface area contributed by atoms with Crippen LogP contribution in [0.5, 0.6) is 0 Å². The lowest BCUT2D eigenvalue weighted by Gasteiger charge is -2.12. The Morgan fingerprint density at radius 2 is 2.00 bits per heavy atom. The predicted octanol–water partition coefficient (Wildman–Crippen LogP) is 4.28. The standard InChI is InChI=1S/C21H28N4O2.HI/c1-2-22-21(24-15-19-11-6-12-27-19)23-14-16-7-5-10-18(13-16)25-20(26)17-8-3-4-9-17;/h5-7,10-13,17H,2-4,8-9,14-15H2,1H3,(H,25,26)(H2,22,23,24);1H. The van der Waals surface area contributed by atoms with Gasteiger partial charge >= 0.3 is 0 Å². The highest BCUT2D eigenvalue weighted by Crippen LogP contribution is 2.26. The fourth-order valence-corrected chi connectivity index (χ4v) is 3.28. The molecule has 1 amide bonds. The molecule has 0 radical (unpaired) electrons. The van der Waals surface area contributed by atoms with Crippen molar-refractivity contribution in [3.63, 3.8) is 0 Å². The van der Waals surface area contributed by atoms with Crippen LogP contribution in [0.2, 0.25) is 0 Å². The second kappa shape index (κ2) is 11.7. The first-order chi connectivity index (χ1) is 13.2. The van der Waals surface area contributed by atoms with E-state index < -0.39 is 0 Å². The Morgan fingerprint density at radius 1 is 1.18 bits per heavy atom. The molecule has 1 heterocycles. The van der Waals surface area contributed by atoms with E-state index in [0.717, 1.165) is 55.2 Å². The van der Waals surface area contributed by atoms with Crippen molar-refractivity contribution in [1.82, 2.24) is 10.6 Å². The van der Waals surface area contributed by atoms with Crippen molar-refractivity contribution < 1.29 is 9.21 Å². The molecule has 6 nitrogen and oxygen atoms in total. The lowest BCUT2D eigenvalue weighted by molar-refractivity contribution is -0.119. The summed E-state index contributed by atoms with van der Waals surface area (Å²) in [6, 6.07) is 11.7. The minimum Gasteiger partial charge on any atom is -0.467 e. The van der Waals surface area contributed by atoms with E-state index >= 15 is 0 Å². The summed E-state index contributed by atoms with van der Waals surface area (Å²) in [4.78, 5) is 16.9. The number of amides is 1. The first kappa shape index (κ1) is 22.3. The average Bonchev–Trinajstić information content (AvgIpc) is 3.38. The number of benzene rings is 1. The summed E-state index contributed by atoms with van der Waals surface area (Å²) in [5, 5.41) is 9.53. The van der Waals surface area contributed by atoms with E-state index in [0.29, 0.717) is 13.1 Å². The monoisotopic (exact) mass is 496 g/mol. The van der Waals surface area contributed by atoms with E-state index in [-0.39, 0.29) is 35.8 Å². The molecule has 3 rings (SSSR count). The molecule has 28 heavy (non-hydrogen) atoms. The van der Waals surface area contributed by atoms with Crippen LogP contribution >= 0.6 is 24.0 Å². The molecule has 0 saturated heterocycles. The maximum atomic E-state index is 12.3. The molecule has 1 aromatic carbocycles. The van der Waals surface area contributed by atoms with Crippen molar-refractivity contribution in [2.75, 3.05) is 11.9 Å². The van der Waals surface area contributed by atoms with E-state index in [1.165, 1.54) is 0 Å². The van der Waals surface area contributed by atoms with E-state index in [9.17, 15) is 4.79 Å². The number of nitrogens with one attached hydrogen (secondary N) is 3. The Kier molecular flexibility index (Phi) is 9.33. The van der Waals surface area contributed by atoms with E-state index in [1.807, 2.05) is 43.3 Å². The van der Waals surface area contributed by atoms with Gasteiger partial charge in [0, 0.05) is 18.2 Å². The zero-order chi connectivity index (χ0) is 18.9. The molecule has 1 saturated carbocycles. The number of guanidine groups is 1. The van der Waals surface area contributed by atoms with Crippen molar-refractivity contribution >= 4 is 41.5 Å². The highest BCUT2D eigenvalue weighted by molar-refractivity contribution is 14.0. The van der Waals surface area contributed by atoms with Gasteiger partial charge in [-0.1, -0.05) is 25.0 Å². The van der Waals surface area contributed by atoms with Crippen LogP contribution in [-0.2, 0) is 17.9 Å². The van der Waals surface area contributed by atoms with Gasteiger partial charge in [-0.2, -0.15) is 0 Å². The molecule has 0 atom stereocenters. The summed E-state index contributed by atoms with van der Waals surface area (Å²) in [7, 11) is 0. The van der Waals surface area contributed by atoms with Crippen LogP contribution in [-0.4, -0.2) is 18.4 Å². The SMILES string of the molecule is CCNC(=NCc1cccc(NC(=O)C2CCCC2)c1)NCc1ccco1.I. The Balaban J connectivity index is 0.00000280. The zero-order valence-electron chi connectivity index (χ0n) is 16.2. The number of hydrogen-bond acceptors (Lipinski definition) is 3. The van der Waals surface area contributed by atoms with Gasteiger partial charge in [0.15, 0.2) is 5.96 Å². The highest BCUT2D eigenvalue weighted by Gasteiger charge is 2.22. The molecule has 3 N–H and O–H groups in total. The molecule has 2 aromatic rings. The topological polar surface area (TPSA) is 78.7 Å².